The van der Waals surface area contributed by atoms with Crippen molar-refractivity contribution in [1.82, 2.24) is 15.3 Å². The van der Waals surface area contributed by atoms with E-state index in [0.717, 1.165) is 55.9 Å². The number of nitrogens with one attached hydrogen (secondary N) is 2. The predicted octanol–water partition coefficient (Wildman–Crippen LogP) is 4.10. The van der Waals surface area contributed by atoms with E-state index in [1.807, 2.05) is 13.0 Å². The topological polar surface area (TPSA) is 93.9 Å². The van der Waals surface area contributed by atoms with Crippen molar-refractivity contribution in [3.63, 3.8) is 0 Å². The van der Waals surface area contributed by atoms with E-state index in [0.29, 0.717) is 17.1 Å². The van der Waals surface area contributed by atoms with Crippen LogP contribution in [0.1, 0.15) is 34.1 Å². The second kappa shape index (κ2) is 9.53. The fraction of sp³-hybridized carbons (Fsp3) is 0.280. The highest BCUT2D eigenvalue weighted by atomic mass is 19.3. The molecule has 0 atom stereocenters. The molecule has 2 aromatic heterocycles. The summed E-state index contributed by atoms with van der Waals surface area (Å²) in [5.41, 5.74) is 3.10. The number of hydrogen-bond acceptors (Lipinski definition) is 6. The molecule has 174 valence electrons. The molecule has 2 N–H and O–H groups in total. The number of alkyl halides is 2. The zero-order valence-electron chi connectivity index (χ0n) is 18.9. The number of nitrogens with zero attached hydrogens (tertiary/aromatic N) is 4. The van der Waals surface area contributed by atoms with Crippen LogP contribution in [-0.4, -0.2) is 42.1 Å². The van der Waals surface area contributed by atoms with Crippen LogP contribution < -0.4 is 15.5 Å². The first-order valence-corrected chi connectivity index (χ1v) is 10.9. The maximum absolute atomic E-state index is 13.6. The number of aryl methyl sites for hydroxylation is 1. The van der Waals surface area contributed by atoms with Gasteiger partial charge in [-0.1, -0.05) is 6.07 Å². The summed E-state index contributed by atoms with van der Waals surface area (Å²) in [6.45, 7) is 5.90. The molecule has 3 aromatic rings. The van der Waals surface area contributed by atoms with Gasteiger partial charge in [-0.15, -0.1) is 0 Å². The fourth-order valence-electron chi connectivity index (χ4n) is 3.84. The number of piperazine rings is 1. The molecule has 9 heteroatoms. The van der Waals surface area contributed by atoms with Gasteiger partial charge in [-0.2, -0.15) is 14.0 Å². The lowest BCUT2D eigenvalue weighted by molar-refractivity contribution is 0.0127. The van der Waals surface area contributed by atoms with E-state index in [1.165, 1.54) is 12.3 Å². The minimum absolute atomic E-state index is 0.0856. The number of anilines is 2. The minimum atomic E-state index is -3.14. The molecule has 34 heavy (non-hydrogen) atoms. The van der Waals surface area contributed by atoms with Crippen LogP contribution in [0.3, 0.4) is 0 Å². The predicted molar refractivity (Wildman–Crippen MR) is 126 cm³/mol. The summed E-state index contributed by atoms with van der Waals surface area (Å²) in [5, 5.41) is 15.8. The average Bonchev–Trinajstić information content (AvgIpc) is 2.85. The first-order valence-electron chi connectivity index (χ1n) is 10.9. The highest BCUT2D eigenvalue weighted by Gasteiger charge is 2.27. The van der Waals surface area contributed by atoms with Crippen LogP contribution in [0, 0.1) is 18.3 Å². The number of halogens is 2. The Balaban J connectivity index is 1.60. The summed E-state index contributed by atoms with van der Waals surface area (Å²) in [6, 6.07) is 11.9. The van der Waals surface area contributed by atoms with Gasteiger partial charge in [-0.3, -0.25) is 9.78 Å². The molecule has 1 aliphatic rings. The quantitative estimate of drug-likeness (QED) is 0.593. The van der Waals surface area contributed by atoms with Crippen molar-refractivity contribution >= 4 is 17.4 Å². The Morgan fingerprint density at radius 3 is 2.65 bits per heavy atom. The van der Waals surface area contributed by atoms with Crippen LogP contribution in [-0.2, 0) is 5.92 Å². The lowest BCUT2D eigenvalue weighted by Gasteiger charge is -2.29. The molecule has 0 aliphatic carbocycles. The molecule has 1 saturated heterocycles. The molecule has 0 spiro atoms. The van der Waals surface area contributed by atoms with E-state index < -0.39 is 17.5 Å². The summed E-state index contributed by atoms with van der Waals surface area (Å²) in [7, 11) is 0. The van der Waals surface area contributed by atoms with Gasteiger partial charge in [0.15, 0.2) is 0 Å². The van der Waals surface area contributed by atoms with Crippen LogP contribution in [0.5, 0.6) is 0 Å². The molecule has 0 bridgehead atoms. The third kappa shape index (κ3) is 5.02. The van der Waals surface area contributed by atoms with E-state index in [4.69, 9.17) is 0 Å². The van der Waals surface area contributed by atoms with Gasteiger partial charge in [0, 0.05) is 62.3 Å². The van der Waals surface area contributed by atoms with Crippen molar-refractivity contribution < 1.29 is 13.6 Å². The molecule has 3 heterocycles. The van der Waals surface area contributed by atoms with Gasteiger partial charge >= 0.3 is 0 Å². The smallest absolute Gasteiger partial charge is 0.286 e. The summed E-state index contributed by atoms with van der Waals surface area (Å²) < 4.78 is 27.2. The summed E-state index contributed by atoms with van der Waals surface area (Å²) in [4.78, 5) is 23.0. The van der Waals surface area contributed by atoms with Crippen molar-refractivity contribution in [2.24, 2.45) is 0 Å². The van der Waals surface area contributed by atoms with E-state index in [9.17, 15) is 18.8 Å². The number of carbonyl (C=O) groups is 1. The number of carbonyl (C=O) groups excluding carboxylic acids is 1. The van der Waals surface area contributed by atoms with E-state index in [-0.39, 0.29) is 5.56 Å². The third-order valence-electron chi connectivity index (χ3n) is 5.68. The second-order valence-corrected chi connectivity index (χ2v) is 8.25. The van der Waals surface area contributed by atoms with Crippen molar-refractivity contribution in [2.45, 2.75) is 19.8 Å². The third-order valence-corrected chi connectivity index (χ3v) is 5.68. The molecular formula is C25H24F2N6O. The Kier molecular flexibility index (Phi) is 6.52. The summed E-state index contributed by atoms with van der Waals surface area (Å²) in [6.07, 6.45) is 2.92. The van der Waals surface area contributed by atoms with Gasteiger partial charge in [-0.25, -0.2) is 4.98 Å². The molecule has 1 aliphatic heterocycles. The molecule has 0 radical (unpaired) electrons. The summed E-state index contributed by atoms with van der Waals surface area (Å²) >= 11 is 0. The van der Waals surface area contributed by atoms with Crippen LogP contribution in [0.25, 0.3) is 11.1 Å². The molecule has 7 nitrogen and oxygen atoms in total. The highest BCUT2D eigenvalue weighted by molar-refractivity contribution is 6.04. The highest BCUT2D eigenvalue weighted by Crippen LogP contribution is 2.30. The minimum Gasteiger partial charge on any atom is -0.353 e. The number of hydrogen-bond donors (Lipinski definition) is 2. The van der Waals surface area contributed by atoms with E-state index >= 15 is 0 Å². The molecule has 0 unspecified atom stereocenters. The van der Waals surface area contributed by atoms with Crippen molar-refractivity contribution in [1.29, 1.82) is 5.26 Å². The van der Waals surface area contributed by atoms with Crippen molar-refractivity contribution in [2.75, 3.05) is 36.4 Å². The zero-order valence-corrected chi connectivity index (χ0v) is 18.9. The Labute approximate surface area is 196 Å². The first kappa shape index (κ1) is 23.3. The average molecular weight is 463 g/mol. The SMILES string of the molecule is Cc1ccc(NC(=O)c2ccnc(C(C)(F)F)c2)cc1-c1cnc(N2CCNCC2)c(C#N)c1. The number of benzene rings is 1. The lowest BCUT2D eigenvalue weighted by atomic mass is 9.99. The van der Waals surface area contributed by atoms with Crippen LogP contribution >= 0.6 is 0 Å². The van der Waals surface area contributed by atoms with E-state index in [2.05, 4.69) is 31.6 Å². The molecule has 1 fully saturated rings. The molecule has 1 aromatic carbocycles. The van der Waals surface area contributed by atoms with Gasteiger partial charge in [-0.05, 0) is 48.4 Å². The fourth-order valence-corrected chi connectivity index (χ4v) is 3.84. The molecular weight excluding hydrogens is 438 g/mol. The Bertz CT molecular complexity index is 1260. The maximum Gasteiger partial charge on any atom is 0.286 e. The number of nitriles is 1. The maximum atomic E-state index is 13.6. The Morgan fingerprint density at radius 2 is 1.94 bits per heavy atom. The number of aromatic nitrogens is 2. The van der Waals surface area contributed by atoms with Gasteiger partial charge < -0.3 is 15.5 Å². The van der Waals surface area contributed by atoms with Gasteiger partial charge in [0.1, 0.15) is 17.6 Å². The molecule has 0 saturated carbocycles. The van der Waals surface area contributed by atoms with Crippen molar-refractivity contribution in [3.8, 4) is 17.2 Å². The summed E-state index contributed by atoms with van der Waals surface area (Å²) in [5.74, 6) is -3.00. The number of rotatable bonds is 5. The van der Waals surface area contributed by atoms with Crippen LogP contribution in [0.15, 0.2) is 48.8 Å². The Hall–Kier alpha value is -3.90. The first-order chi connectivity index (χ1) is 16.3. The lowest BCUT2D eigenvalue weighted by Crippen LogP contribution is -2.44. The van der Waals surface area contributed by atoms with Gasteiger partial charge in [0.25, 0.3) is 11.8 Å². The zero-order chi connectivity index (χ0) is 24.3. The largest absolute Gasteiger partial charge is 0.353 e. The van der Waals surface area contributed by atoms with Crippen molar-refractivity contribution in [3.05, 3.63) is 71.2 Å². The van der Waals surface area contributed by atoms with Gasteiger partial charge in [0.2, 0.25) is 0 Å². The number of amides is 1. The Morgan fingerprint density at radius 1 is 1.18 bits per heavy atom. The van der Waals surface area contributed by atoms with E-state index in [1.54, 1.807) is 24.4 Å². The normalized spacial score (nSPS) is 13.9. The van der Waals surface area contributed by atoms with Crippen LogP contribution in [0.2, 0.25) is 0 Å². The monoisotopic (exact) mass is 462 g/mol. The number of pyridine rings is 2. The molecule has 4 rings (SSSR count). The standard InChI is InChI=1S/C25H24F2N6O/c1-16-3-4-20(32-24(34)17-5-6-30-22(12-17)25(2,26)27)13-21(16)19-11-18(14-28)23(31-15-19)33-9-7-29-8-10-33/h3-6,11-13,15,29H,7-10H2,1-2H3,(H,32,34). The van der Waals surface area contributed by atoms with Crippen LogP contribution in [0.4, 0.5) is 20.3 Å². The van der Waals surface area contributed by atoms with Gasteiger partial charge in [0.05, 0.1) is 5.56 Å². The molecule has 1 amide bonds. The second-order valence-electron chi connectivity index (χ2n) is 8.25.